The van der Waals surface area contributed by atoms with Gasteiger partial charge in [-0.05, 0) is 36.6 Å². The van der Waals surface area contributed by atoms with Crippen LogP contribution >= 0.6 is 0 Å². The number of nitrogens with one attached hydrogen (secondary N) is 2. The fourth-order valence-corrected chi connectivity index (χ4v) is 4.79. The number of carbonyl (C=O) groups is 1. The van der Waals surface area contributed by atoms with Gasteiger partial charge in [0.15, 0.2) is 12.3 Å². The Balaban J connectivity index is 1.12. The predicted molar refractivity (Wildman–Crippen MR) is 123 cm³/mol. The number of rotatable bonds is 5. The molecular formula is C23H28N6O3. The van der Waals surface area contributed by atoms with Crippen LogP contribution in [0.15, 0.2) is 34.2 Å². The van der Waals surface area contributed by atoms with Gasteiger partial charge in [-0.2, -0.15) is 0 Å². The van der Waals surface area contributed by atoms with Gasteiger partial charge in [0.2, 0.25) is 0 Å². The lowest BCUT2D eigenvalue weighted by molar-refractivity contribution is -0.138. The van der Waals surface area contributed by atoms with Crippen molar-refractivity contribution in [2.75, 3.05) is 32.8 Å². The molecule has 9 nitrogen and oxygen atoms in total. The van der Waals surface area contributed by atoms with Crippen molar-refractivity contribution in [2.45, 2.75) is 38.1 Å². The van der Waals surface area contributed by atoms with E-state index in [1.807, 2.05) is 29.2 Å². The van der Waals surface area contributed by atoms with E-state index in [2.05, 4.69) is 25.0 Å². The molecule has 32 heavy (non-hydrogen) atoms. The van der Waals surface area contributed by atoms with E-state index in [9.17, 15) is 9.59 Å². The van der Waals surface area contributed by atoms with Crippen molar-refractivity contribution >= 4 is 34.2 Å². The second-order valence-electron chi connectivity index (χ2n) is 8.63. The van der Waals surface area contributed by atoms with E-state index in [0.29, 0.717) is 17.2 Å². The molecule has 0 unspecified atom stereocenters. The van der Waals surface area contributed by atoms with Gasteiger partial charge in [0.25, 0.3) is 5.91 Å². The minimum atomic E-state index is -0.280. The molecule has 1 aliphatic carbocycles. The van der Waals surface area contributed by atoms with Crippen molar-refractivity contribution in [3.05, 3.63) is 40.3 Å². The highest BCUT2D eigenvalue weighted by Gasteiger charge is 2.27. The molecule has 1 amide bonds. The molecule has 1 saturated heterocycles. The highest BCUT2D eigenvalue weighted by Crippen LogP contribution is 2.23. The number of piperazine rings is 1. The molecule has 1 saturated carbocycles. The molecule has 3 heterocycles. The first-order chi connectivity index (χ1) is 15.7. The number of carbonyl (C=O) groups excluding carboxylic acids is 1. The van der Waals surface area contributed by atoms with E-state index < -0.39 is 0 Å². The zero-order valence-corrected chi connectivity index (χ0v) is 18.0. The van der Waals surface area contributed by atoms with E-state index in [4.69, 9.17) is 4.84 Å². The summed E-state index contributed by atoms with van der Waals surface area (Å²) < 4.78 is 0. The van der Waals surface area contributed by atoms with Crippen molar-refractivity contribution in [1.29, 1.82) is 0 Å². The highest BCUT2D eigenvalue weighted by molar-refractivity contribution is 5.93. The molecule has 168 valence electrons. The van der Waals surface area contributed by atoms with E-state index >= 15 is 0 Å². The van der Waals surface area contributed by atoms with Crippen LogP contribution in [0.3, 0.4) is 0 Å². The summed E-state index contributed by atoms with van der Waals surface area (Å²) in [5, 5.41) is 4.85. The second kappa shape index (κ2) is 9.12. The number of amides is 1. The topological polar surface area (TPSA) is 107 Å². The fraction of sp³-hybridized carbons (Fsp3) is 0.478. The van der Waals surface area contributed by atoms with Gasteiger partial charge in [0, 0.05) is 37.6 Å². The first-order valence-corrected chi connectivity index (χ1v) is 11.4. The minimum Gasteiger partial charge on any atom is -0.386 e. The van der Waals surface area contributed by atoms with Crippen LogP contribution in [0.25, 0.3) is 22.1 Å². The molecule has 1 aliphatic heterocycles. The van der Waals surface area contributed by atoms with Gasteiger partial charge in [-0.3, -0.25) is 14.7 Å². The van der Waals surface area contributed by atoms with E-state index in [1.165, 1.54) is 32.1 Å². The SMILES string of the molecule is O=C(CO/N=C/c1ccc2nc3[nH]c(=O)[nH]c3cc2c1)N1CCN(C2CCCCC2)CC1. The quantitative estimate of drug-likeness (QED) is 0.471. The Labute approximate surface area is 185 Å². The first kappa shape index (κ1) is 20.7. The molecule has 2 fully saturated rings. The molecule has 0 radical (unpaired) electrons. The Bertz CT molecular complexity index is 1190. The monoisotopic (exact) mass is 436 g/mol. The predicted octanol–water partition coefficient (Wildman–Crippen LogP) is 2.23. The van der Waals surface area contributed by atoms with Crippen molar-refractivity contribution < 1.29 is 9.63 Å². The number of imidazole rings is 1. The summed E-state index contributed by atoms with van der Waals surface area (Å²) in [6.45, 7) is 3.36. The average molecular weight is 437 g/mol. The molecule has 3 aromatic rings. The van der Waals surface area contributed by atoms with E-state index in [0.717, 1.165) is 42.6 Å². The van der Waals surface area contributed by atoms with Gasteiger partial charge in [-0.1, -0.05) is 30.5 Å². The van der Waals surface area contributed by atoms with Crippen LogP contribution in [0.1, 0.15) is 37.7 Å². The first-order valence-electron chi connectivity index (χ1n) is 11.4. The third-order valence-electron chi connectivity index (χ3n) is 6.54. The number of nitrogens with zero attached hydrogens (tertiary/aromatic N) is 4. The Hall–Kier alpha value is -3.20. The largest absolute Gasteiger partial charge is 0.386 e. The Morgan fingerprint density at radius 2 is 1.94 bits per heavy atom. The van der Waals surface area contributed by atoms with Gasteiger partial charge >= 0.3 is 5.69 Å². The smallest absolute Gasteiger partial charge is 0.325 e. The van der Waals surface area contributed by atoms with Crippen molar-refractivity contribution in [1.82, 2.24) is 24.8 Å². The molecular weight excluding hydrogens is 408 g/mol. The summed E-state index contributed by atoms with van der Waals surface area (Å²) in [5.41, 5.74) is 2.50. The minimum absolute atomic E-state index is 0.0213. The van der Waals surface area contributed by atoms with Gasteiger partial charge < -0.3 is 14.7 Å². The molecule has 2 aromatic heterocycles. The number of H-pyrrole nitrogens is 2. The molecule has 2 N–H and O–H groups in total. The third kappa shape index (κ3) is 4.52. The number of fused-ring (bicyclic) bond motifs is 2. The number of hydrogen-bond donors (Lipinski definition) is 2. The van der Waals surface area contributed by atoms with Gasteiger partial charge in [0.1, 0.15) is 0 Å². The lowest BCUT2D eigenvalue weighted by Crippen LogP contribution is -2.52. The van der Waals surface area contributed by atoms with Gasteiger partial charge in [-0.25, -0.2) is 9.78 Å². The summed E-state index contributed by atoms with van der Waals surface area (Å²) >= 11 is 0. The fourth-order valence-electron chi connectivity index (χ4n) is 4.79. The molecule has 1 aromatic carbocycles. The van der Waals surface area contributed by atoms with Crippen molar-refractivity contribution in [3.63, 3.8) is 0 Å². The number of aromatic nitrogens is 3. The summed E-state index contributed by atoms with van der Waals surface area (Å²) in [4.78, 5) is 43.4. The highest BCUT2D eigenvalue weighted by atomic mass is 16.6. The van der Waals surface area contributed by atoms with Crippen LogP contribution in [-0.4, -0.2) is 75.7 Å². The molecule has 0 bridgehead atoms. The second-order valence-corrected chi connectivity index (χ2v) is 8.63. The third-order valence-corrected chi connectivity index (χ3v) is 6.54. The maximum Gasteiger partial charge on any atom is 0.325 e. The molecule has 9 heteroatoms. The number of hydrogen-bond acceptors (Lipinski definition) is 6. The zero-order valence-electron chi connectivity index (χ0n) is 18.0. The Kier molecular flexibility index (Phi) is 5.89. The van der Waals surface area contributed by atoms with Crippen LogP contribution in [0, 0.1) is 0 Å². The lowest BCUT2D eigenvalue weighted by Gasteiger charge is -2.40. The van der Waals surface area contributed by atoms with Crippen LogP contribution < -0.4 is 5.69 Å². The van der Waals surface area contributed by atoms with Crippen LogP contribution in [0.4, 0.5) is 0 Å². The summed E-state index contributed by atoms with van der Waals surface area (Å²) in [6, 6.07) is 8.20. The maximum atomic E-state index is 12.5. The van der Waals surface area contributed by atoms with Gasteiger partial charge in [-0.15, -0.1) is 0 Å². The molecule has 0 atom stereocenters. The number of oxime groups is 1. The Morgan fingerprint density at radius 1 is 1.12 bits per heavy atom. The normalized spacial score (nSPS) is 18.7. The molecule has 5 rings (SSSR count). The average Bonchev–Trinajstić information content (AvgIpc) is 3.19. The van der Waals surface area contributed by atoms with Crippen LogP contribution in [-0.2, 0) is 9.63 Å². The molecule has 2 aliphatic rings. The number of aromatic amines is 2. The summed E-state index contributed by atoms with van der Waals surface area (Å²) in [6.07, 6.45) is 8.20. The summed E-state index contributed by atoms with van der Waals surface area (Å²) in [5.74, 6) is -0.0213. The van der Waals surface area contributed by atoms with Crippen molar-refractivity contribution in [2.24, 2.45) is 5.16 Å². The lowest BCUT2D eigenvalue weighted by atomic mass is 9.94. The standard InChI is InChI=1S/C23H28N6O3/c30-21(29-10-8-28(9-11-29)18-4-2-1-3-5-18)15-32-24-14-16-6-7-19-17(12-16)13-20-22(25-19)27-23(31)26-20/h6-7,12-14,18H,1-5,8-11,15H2,(H2,25,26,27,31)/b24-14+. The number of benzene rings is 1. The maximum absolute atomic E-state index is 12.5. The van der Waals surface area contributed by atoms with Crippen molar-refractivity contribution in [3.8, 4) is 0 Å². The zero-order chi connectivity index (χ0) is 21.9. The Morgan fingerprint density at radius 3 is 2.75 bits per heavy atom. The summed E-state index contributed by atoms with van der Waals surface area (Å²) in [7, 11) is 0. The van der Waals surface area contributed by atoms with Crippen LogP contribution in [0.5, 0.6) is 0 Å². The number of pyridine rings is 1. The molecule has 0 spiro atoms. The van der Waals surface area contributed by atoms with E-state index in [-0.39, 0.29) is 18.2 Å². The van der Waals surface area contributed by atoms with Crippen LogP contribution in [0.2, 0.25) is 0 Å². The van der Waals surface area contributed by atoms with Gasteiger partial charge in [0.05, 0.1) is 17.2 Å². The van der Waals surface area contributed by atoms with E-state index in [1.54, 1.807) is 6.21 Å².